The smallest absolute Gasteiger partial charge is 0.120 e. The molecule has 0 heterocycles. The molecule has 4 nitrogen and oxygen atoms in total. The highest BCUT2D eigenvalue weighted by molar-refractivity contribution is 5.41. The summed E-state index contributed by atoms with van der Waals surface area (Å²) < 4.78 is 0. The predicted molar refractivity (Wildman–Crippen MR) is 57.6 cm³/mol. The van der Waals surface area contributed by atoms with Crippen molar-refractivity contribution >= 4 is 0 Å². The first-order chi connectivity index (χ1) is 6.88. The van der Waals surface area contributed by atoms with Gasteiger partial charge in [0.2, 0.25) is 0 Å². The van der Waals surface area contributed by atoms with Crippen LogP contribution in [0.3, 0.4) is 0 Å². The van der Waals surface area contributed by atoms with Crippen LogP contribution in [0.25, 0.3) is 0 Å². The summed E-state index contributed by atoms with van der Waals surface area (Å²) in [6.07, 6.45) is 0. The molecule has 5 N–H and O–H groups in total. The van der Waals surface area contributed by atoms with Crippen LogP contribution in [-0.2, 0) is 0 Å². The standard InChI is InChI=1S/C11H17NO3/c1-11(2,6-13)10(12)8-5-7(14)3-4-9(8)15/h3-5,10,13-15H,6,12H2,1-2H3/t10-/m0/s1. The third-order valence-electron chi connectivity index (χ3n) is 2.60. The molecule has 84 valence electrons. The molecule has 0 aliphatic rings. The van der Waals surface area contributed by atoms with Crippen molar-refractivity contribution < 1.29 is 15.3 Å². The van der Waals surface area contributed by atoms with E-state index in [1.54, 1.807) is 13.8 Å². The summed E-state index contributed by atoms with van der Waals surface area (Å²) >= 11 is 0. The van der Waals surface area contributed by atoms with Crippen LogP contribution in [0.1, 0.15) is 25.5 Å². The van der Waals surface area contributed by atoms with Gasteiger partial charge >= 0.3 is 0 Å². The van der Waals surface area contributed by atoms with Gasteiger partial charge in [-0.25, -0.2) is 0 Å². The van der Waals surface area contributed by atoms with Gasteiger partial charge in [0.25, 0.3) is 0 Å². The second kappa shape index (κ2) is 4.08. The van der Waals surface area contributed by atoms with Crippen LogP contribution in [0.5, 0.6) is 11.5 Å². The number of hydrogen-bond acceptors (Lipinski definition) is 4. The van der Waals surface area contributed by atoms with Crippen molar-refractivity contribution in [1.29, 1.82) is 0 Å². The fourth-order valence-corrected chi connectivity index (χ4v) is 1.31. The van der Waals surface area contributed by atoms with Gasteiger partial charge in [-0.1, -0.05) is 13.8 Å². The van der Waals surface area contributed by atoms with Crippen LogP contribution >= 0.6 is 0 Å². The summed E-state index contributed by atoms with van der Waals surface area (Å²) in [6, 6.07) is 3.65. The Bertz CT molecular complexity index is 350. The number of aliphatic hydroxyl groups is 1. The zero-order chi connectivity index (χ0) is 11.6. The highest BCUT2D eigenvalue weighted by Gasteiger charge is 2.29. The lowest BCUT2D eigenvalue weighted by molar-refractivity contribution is 0.131. The number of aliphatic hydroxyl groups excluding tert-OH is 1. The second-order valence-corrected chi connectivity index (χ2v) is 4.37. The van der Waals surface area contributed by atoms with Gasteiger partial charge in [-0.15, -0.1) is 0 Å². The Morgan fingerprint density at radius 1 is 1.33 bits per heavy atom. The van der Waals surface area contributed by atoms with Crippen LogP contribution in [-0.4, -0.2) is 21.9 Å². The largest absolute Gasteiger partial charge is 0.508 e. The van der Waals surface area contributed by atoms with Gasteiger partial charge in [0, 0.05) is 23.6 Å². The summed E-state index contributed by atoms with van der Waals surface area (Å²) in [7, 11) is 0. The van der Waals surface area contributed by atoms with Gasteiger partial charge in [-0.05, 0) is 18.2 Å². The van der Waals surface area contributed by atoms with E-state index in [0.29, 0.717) is 5.56 Å². The number of nitrogens with two attached hydrogens (primary N) is 1. The molecule has 0 aliphatic carbocycles. The molecule has 0 radical (unpaired) electrons. The molecule has 0 amide bonds. The summed E-state index contributed by atoms with van der Waals surface area (Å²) in [5, 5.41) is 28.0. The quantitative estimate of drug-likeness (QED) is 0.564. The average Bonchev–Trinajstić information content (AvgIpc) is 2.20. The number of phenolic OH excluding ortho intramolecular Hbond substituents is 2. The summed E-state index contributed by atoms with van der Waals surface area (Å²) in [5.74, 6) is 0.0776. The molecule has 1 aromatic carbocycles. The Balaban J connectivity index is 3.10. The van der Waals surface area contributed by atoms with E-state index < -0.39 is 11.5 Å². The minimum absolute atomic E-state index is 0.0295. The molecule has 15 heavy (non-hydrogen) atoms. The minimum Gasteiger partial charge on any atom is -0.508 e. The minimum atomic E-state index is -0.550. The molecule has 0 bridgehead atoms. The number of benzene rings is 1. The normalized spacial score (nSPS) is 13.9. The molecule has 0 saturated carbocycles. The van der Waals surface area contributed by atoms with E-state index >= 15 is 0 Å². The maximum Gasteiger partial charge on any atom is 0.120 e. The molecule has 0 aliphatic heterocycles. The Hall–Kier alpha value is -1.26. The fraction of sp³-hybridized carbons (Fsp3) is 0.455. The van der Waals surface area contributed by atoms with Gasteiger partial charge in [0.1, 0.15) is 11.5 Å². The fourth-order valence-electron chi connectivity index (χ4n) is 1.31. The number of aromatic hydroxyl groups is 2. The zero-order valence-corrected chi connectivity index (χ0v) is 8.94. The van der Waals surface area contributed by atoms with Crippen molar-refractivity contribution in [2.75, 3.05) is 6.61 Å². The first-order valence-corrected chi connectivity index (χ1v) is 4.77. The SMILES string of the molecule is CC(C)(CO)[C@@H](N)c1cc(O)ccc1O. The lowest BCUT2D eigenvalue weighted by Crippen LogP contribution is -2.32. The van der Waals surface area contributed by atoms with Crippen molar-refractivity contribution in [2.45, 2.75) is 19.9 Å². The molecule has 1 atom stereocenters. The monoisotopic (exact) mass is 211 g/mol. The van der Waals surface area contributed by atoms with Crippen molar-refractivity contribution in [1.82, 2.24) is 0 Å². The Labute approximate surface area is 89.0 Å². The van der Waals surface area contributed by atoms with Gasteiger partial charge in [0.15, 0.2) is 0 Å². The van der Waals surface area contributed by atoms with Crippen LogP contribution in [0.4, 0.5) is 0 Å². The first-order valence-electron chi connectivity index (χ1n) is 4.77. The van der Waals surface area contributed by atoms with E-state index in [0.717, 1.165) is 0 Å². The van der Waals surface area contributed by atoms with E-state index in [-0.39, 0.29) is 18.1 Å². The van der Waals surface area contributed by atoms with Crippen molar-refractivity contribution in [3.8, 4) is 11.5 Å². The topological polar surface area (TPSA) is 86.7 Å². The van der Waals surface area contributed by atoms with Gasteiger partial charge < -0.3 is 21.1 Å². The lowest BCUT2D eigenvalue weighted by Gasteiger charge is -2.30. The average molecular weight is 211 g/mol. The van der Waals surface area contributed by atoms with Gasteiger partial charge in [-0.3, -0.25) is 0 Å². The van der Waals surface area contributed by atoms with E-state index in [1.807, 2.05) is 0 Å². The van der Waals surface area contributed by atoms with Crippen LogP contribution in [0.15, 0.2) is 18.2 Å². The van der Waals surface area contributed by atoms with E-state index in [9.17, 15) is 10.2 Å². The van der Waals surface area contributed by atoms with Gasteiger partial charge in [0.05, 0.1) is 0 Å². The molecule has 0 aromatic heterocycles. The van der Waals surface area contributed by atoms with Gasteiger partial charge in [-0.2, -0.15) is 0 Å². The van der Waals surface area contributed by atoms with Crippen molar-refractivity contribution in [2.24, 2.45) is 11.1 Å². The van der Waals surface area contributed by atoms with E-state index in [1.165, 1.54) is 18.2 Å². The van der Waals surface area contributed by atoms with Crippen molar-refractivity contribution in [3.63, 3.8) is 0 Å². The predicted octanol–water partition coefficient (Wildman–Crippen LogP) is 1.12. The highest BCUT2D eigenvalue weighted by atomic mass is 16.3. The Kier molecular flexibility index (Phi) is 3.21. The van der Waals surface area contributed by atoms with Crippen molar-refractivity contribution in [3.05, 3.63) is 23.8 Å². The maximum atomic E-state index is 9.59. The molecule has 1 rings (SSSR count). The summed E-state index contributed by atoms with van der Waals surface area (Å²) in [6.45, 7) is 3.49. The molecule has 4 heteroatoms. The third-order valence-corrected chi connectivity index (χ3v) is 2.60. The highest BCUT2D eigenvalue weighted by Crippen LogP contribution is 2.36. The second-order valence-electron chi connectivity index (χ2n) is 4.37. The summed E-state index contributed by atoms with van der Waals surface area (Å²) in [5.41, 5.74) is 5.81. The lowest BCUT2D eigenvalue weighted by atomic mass is 9.81. The molecule has 0 saturated heterocycles. The first kappa shape index (κ1) is 11.8. The third kappa shape index (κ3) is 2.40. The number of phenols is 2. The van der Waals surface area contributed by atoms with Crippen LogP contribution in [0.2, 0.25) is 0 Å². The Morgan fingerprint density at radius 3 is 2.47 bits per heavy atom. The van der Waals surface area contributed by atoms with E-state index in [4.69, 9.17) is 10.8 Å². The zero-order valence-electron chi connectivity index (χ0n) is 8.94. The Morgan fingerprint density at radius 2 is 1.93 bits per heavy atom. The number of rotatable bonds is 3. The molecular formula is C11H17NO3. The molecule has 0 unspecified atom stereocenters. The van der Waals surface area contributed by atoms with Crippen LogP contribution < -0.4 is 5.73 Å². The molecule has 0 fully saturated rings. The molecular weight excluding hydrogens is 194 g/mol. The molecule has 0 spiro atoms. The van der Waals surface area contributed by atoms with E-state index in [2.05, 4.69) is 0 Å². The van der Waals surface area contributed by atoms with Crippen LogP contribution in [0, 0.1) is 5.41 Å². The number of hydrogen-bond donors (Lipinski definition) is 4. The maximum absolute atomic E-state index is 9.59. The summed E-state index contributed by atoms with van der Waals surface area (Å²) in [4.78, 5) is 0. The molecule has 1 aromatic rings.